The number of hydrogen-bond donors (Lipinski definition) is 2. The first-order chi connectivity index (χ1) is 6.27. The molecule has 0 fully saturated rings. The average Bonchev–Trinajstić information content (AvgIpc) is 2.62. The van der Waals surface area contributed by atoms with E-state index in [1.54, 1.807) is 12.1 Å². The van der Waals surface area contributed by atoms with Crippen molar-refractivity contribution in [2.24, 2.45) is 5.73 Å². The topological polar surface area (TPSA) is 92.0 Å². The molecule has 0 aliphatic rings. The molecule has 1 heterocycles. The van der Waals surface area contributed by atoms with Gasteiger partial charge in [0.15, 0.2) is 5.76 Å². The summed E-state index contributed by atoms with van der Waals surface area (Å²) >= 11 is 0. The number of amides is 1. The van der Waals surface area contributed by atoms with E-state index in [-0.39, 0.29) is 18.8 Å². The second kappa shape index (κ2) is 4.28. The van der Waals surface area contributed by atoms with Crippen molar-refractivity contribution in [2.45, 2.75) is 6.54 Å². The zero-order chi connectivity index (χ0) is 9.68. The molecule has 0 radical (unpaired) electrons. The van der Waals surface area contributed by atoms with Gasteiger partial charge >= 0.3 is 0 Å². The second-order valence-electron chi connectivity index (χ2n) is 2.31. The van der Waals surface area contributed by atoms with Crippen molar-refractivity contribution < 1.29 is 9.21 Å². The molecule has 0 aromatic carbocycles. The summed E-state index contributed by atoms with van der Waals surface area (Å²) in [5, 5.41) is 10.5. The van der Waals surface area contributed by atoms with Gasteiger partial charge in [0, 0.05) is 0 Å². The molecule has 0 spiro atoms. The number of nitrogens with one attached hydrogen (secondary N) is 1. The lowest BCUT2D eigenvalue weighted by molar-refractivity contribution is 0.0929. The minimum absolute atomic E-state index is 0.0303. The minimum Gasteiger partial charge on any atom is -0.455 e. The summed E-state index contributed by atoms with van der Waals surface area (Å²) in [6, 6.07) is 4.94. The highest BCUT2D eigenvalue weighted by atomic mass is 16.4. The van der Waals surface area contributed by atoms with E-state index in [1.807, 2.05) is 0 Å². The predicted molar refractivity (Wildman–Crippen MR) is 44.5 cm³/mol. The molecule has 0 aliphatic heterocycles. The zero-order valence-electron chi connectivity index (χ0n) is 6.91. The summed E-state index contributed by atoms with van der Waals surface area (Å²) in [4.78, 5) is 11.1. The smallest absolute Gasteiger partial charge is 0.287 e. The first kappa shape index (κ1) is 9.29. The molecule has 0 bridgehead atoms. The molecule has 0 atom stereocenters. The molecule has 3 N–H and O–H groups in total. The number of nitriles is 1. The van der Waals surface area contributed by atoms with Gasteiger partial charge in [-0.1, -0.05) is 0 Å². The van der Waals surface area contributed by atoms with Crippen LogP contribution in [0.5, 0.6) is 0 Å². The lowest BCUT2D eigenvalue weighted by Gasteiger charge is -1.95. The van der Waals surface area contributed by atoms with Gasteiger partial charge in [-0.2, -0.15) is 5.26 Å². The lowest BCUT2D eigenvalue weighted by Crippen LogP contribution is -2.22. The molecule has 68 valence electrons. The quantitative estimate of drug-likeness (QED) is 0.638. The Morgan fingerprint density at radius 3 is 3.00 bits per heavy atom. The van der Waals surface area contributed by atoms with E-state index in [0.29, 0.717) is 5.76 Å². The first-order valence-corrected chi connectivity index (χ1v) is 3.72. The highest BCUT2D eigenvalue weighted by Gasteiger charge is 2.08. The Hall–Kier alpha value is -1.80. The standard InChI is InChI=1S/C8H9N3O2/c9-3-4-11-8(12)7-2-1-6(5-10)13-7/h1-2H,4-5,10H2,(H,11,12). The highest BCUT2D eigenvalue weighted by Crippen LogP contribution is 2.06. The molecule has 0 unspecified atom stereocenters. The van der Waals surface area contributed by atoms with Crippen LogP contribution in [0.1, 0.15) is 16.3 Å². The average molecular weight is 179 g/mol. The molecule has 0 aliphatic carbocycles. The third-order valence-electron chi connectivity index (χ3n) is 1.41. The maximum atomic E-state index is 11.1. The Kier molecular flexibility index (Phi) is 3.06. The van der Waals surface area contributed by atoms with E-state index < -0.39 is 5.91 Å². The van der Waals surface area contributed by atoms with E-state index in [1.165, 1.54) is 6.07 Å². The molecule has 1 amide bonds. The zero-order valence-corrected chi connectivity index (χ0v) is 6.91. The minimum atomic E-state index is -0.402. The first-order valence-electron chi connectivity index (χ1n) is 3.72. The molecule has 1 aromatic rings. The highest BCUT2D eigenvalue weighted by molar-refractivity contribution is 5.91. The summed E-state index contributed by atoms with van der Waals surface area (Å²) in [5.74, 6) is 0.319. The summed E-state index contributed by atoms with van der Waals surface area (Å²) in [5.41, 5.74) is 5.29. The summed E-state index contributed by atoms with van der Waals surface area (Å²) in [7, 11) is 0. The second-order valence-corrected chi connectivity index (χ2v) is 2.31. The van der Waals surface area contributed by atoms with Crippen LogP contribution < -0.4 is 11.1 Å². The molecular weight excluding hydrogens is 170 g/mol. The van der Waals surface area contributed by atoms with Crippen LogP contribution in [-0.4, -0.2) is 12.5 Å². The molecule has 0 saturated heterocycles. The van der Waals surface area contributed by atoms with Crippen molar-refractivity contribution in [1.29, 1.82) is 5.26 Å². The Bertz CT molecular complexity index is 337. The van der Waals surface area contributed by atoms with Crippen LogP contribution in [0.4, 0.5) is 0 Å². The Morgan fingerprint density at radius 2 is 2.46 bits per heavy atom. The van der Waals surface area contributed by atoms with Crippen molar-refractivity contribution >= 4 is 5.91 Å². The van der Waals surface area contributed by atoms with Gasteiger partial charge in [-0.25, -0.2) is 0 Å². The van der Waals surface area contributed by atoms with E-state index >= 15 is 0 Å². The molecule has 5 heteroatoms. The number of carbonyl (C=O) groups is 1. The molecular formula is C8H9N3O2. The van der Waals surface area contributed by atoms with Gasteiger partial charge in [0.2, 0.25) is 0 Å². The van der Waals surface area contributed by atoms with E-state index in [0.717, 1.165) is 0 Å². The van der Waals surface area contributed by atoms with Crippen molar-refractivity contribution in [3.63, 3.8) is 0 Å². The van der Waals surface area contributed by atoms with Crippen LogP contribution >= 0.6 is 0 Å². The van der Waals surface area contributed by atoms with E-state index in [2.05, 4.69) is 5.32 Å². The lowest BCUT2D eigenvalue weighted by atomic mass is 10.4. The van der Waals surface area contributed by atoms with Gasteiger partial charge in [0.25, 0.3) is 5.91 Å². The Morgan fingerprint density at radius 1 is 1.69 bits per heavy atom. The van der Waals surface area contributed by atoms with Crippen LogP contribution in [0, 0.1) is 11.3 Å². The normalized spacial score (nSPS) is 9.23. The number of nitrogens with zero attached hydrogens (tertiary/aromatic N) is 1. The maximum Gasteiger partial charge on any atom is 0.287 e. The number of carbonyl (C=O) groups excluding carboxylic acids is 1. The van der Waals surface area contributed by atoms with Gasteiger partial charge in [-0.15, -0.1) is 0 Å². The van der Waals surface area contributed by atoms with Gasteiger partial charge in [-0.3, -0.25) is 4.79 Å². The third-order valence-corrected chi connectivity index (χ3v) is 1.41. The van der Waals surface area contributed by atoms with Gasteiger partial charge < -0.3 is 15.5 Å². The molecule has 1 aromatic heterocycles. The Labute approximate surface area is 75.1 Å². The number of furan rings is 1. The van der Waals surface area contributed by atoms with Gasteiger partial charge in [0.1, 0.15) is 12.3 Å². The third kappa shape index (κ3) is 2.32. The largest absolute Gasteiger partial charge is 0.455 e. The van der Waals surface area contributed by atoms with Gasteiger partial charge in [-0.05, 0) is 12.1 Å². The Balaban J connectivity index is 2.62. The van der Waals surface area contributed by atoms with Crippen molar-refractivity contribution in [3.05, 3.63) is 23.7 Å². The number of hydrogen-bond acceptors (Lipinski definition) is 4. The van der Waals surface area contributed by atoms with Crippen molar-refractivity contribution in [1.82, 2.24) is 5.32 Å². The molecule has 13 heavy (non-hydrogen) atoms. The maximum absolute atomic E-state index is 11.1. The van der Waals surface area contributed by atoms with Crippen LogP contribution in [0.15, 0.2) is 16.5 Å². The number of nitrogens with two attached hydrogens (primary N) is 1. The summed E-state index contributed by atoms with van der Waals surface area (Å²) in [6.45, 7) is 0.225. The fraction of sp³-hybridized carbons (Fsp3) is 0.250. The van der Waals surface area contributed by atoms with Crippen LogP contribution in [0.25, 0.3) is 0 Å². The fourth-order valence-corrected chi connectivity index (χ4v) is 0.817. The molecule has 5 nitrogen and oxygen atoms in total. The van der Waals surface area contributed by atoms with E-state index in [9.17, 15) is 4.79 Å². The van der Waals surface area contributed by atoms with Crippen LogP contribution in [0.3, 0.4) is 0 Å². The summed E-state index contributed by atoms with van der Waals surface area (Å²) < 4.78 is 5.05. The summed E-state index contributed by atoms with van der Waals surface area (Å²) in [6.07, 6.45) is 0. The molecule has 0 saturated carbocycles. The monoisotopic (exact) mass is 179 g/mol. The van der Waals surface area contributed by atoms with Crippen LogP contribution in [-0.2, 0) is 6.54 Å². The van der Waals surface area contributed by atoms with Gasteiger partial charge in [0.05, 0.1) is 12.6 Å². The van der Waals surface area contributed by atoms with Crippen molar-refractivity contribution in [3.8, 4) is 6.07 Å². The molecule has 1 rings (SSSR count). The number of rotatable bonds is 3. The SMILES string of the molecule is N#CCNC(=O)c1ccc(CN)o1. The van der Waals surface area contributed by atoms with Crippen LogP contribution in [0.2, 0.25) is 0 Å². The van der Waals surface area contributed by atoms with Crippen molar-refractivity contribution in [2.75, 3.05) is 6.54 Å². The fourth-order valence-electron chi connectivity index (χ4n) is 0.817. The predicted octanol–water partition coefficient (Wildman–Crippen LogP) is -0.00832. The van der Waals surface area contributed by atoms with E-state index in [4.69, 9.17) is 15.4 Å².